The van der Waals surface area contributed by atoms with Crippen LogP contribution in [0.1, 0.15) is 36.4 Å². The summed E-state index contributed by atoms with van der Waals surface area (Å²) in [6, 6.07) is 12.7. The average Bonchev–Trinajstić information content (AvgIpc) is 3.05. The van der Waals surface area contributed by atoms with Gasteiger partial charge in [-0.15, -0.1) is 0 Å². The molecule has 2 aromatic carbocycles. The Kier molecular flexibility index (Phi) is 4.74. The molecule has 138 valence electrons. The van der Waals surface area contributed by atoms with E-state index < -0.39 is 0 Å². The van der Waals surface area contributed by atoms with Gasteiger partial charge in [0.15, 0.2) is 5.11 Å². The maximum atomic E-state index is 13.4. The summed E-state index contributed by atoms with van der Waals surface area (Å²) in [5.74, 6) is -0.398. The molecule has 2 atom stereocenters. The van der Waals surface area contributed by atoms with Crippen LogP contribution in [0.2, 0.25) is 0 Å². The zero-order valence-electron chi connectivity index (χ0n) is 14.6. The van der Waals surface area contributed by atoms with E-state index in [1.807, 2.05) is 0 Å². The molecule has 0 bridgehead atoms. The third-order valence-electron chi connectivity index (χ3n) is 5.15. The van der Waals surface area contributed by atoms with E-state index in [-0.39, 0.29) is 28.7 Å². The molecule has 0 unspecified atom stereocenters. The van der Waals surface area contributed by atoms with Crippen LogP contribution in [0.3, 0.4) is 0 Å². The smallest absolute Gasteiger partial charge is 0.187 e. The Morgan fingerprint density at radius 3 is 2.33 bits per heavy atom. The zero-order chi connectivity index (χ0) is 19.0. The van der Waals surface area contributed by atoms with E-state index in [2.05, 4.69) is 6.08 Å². The minimum absolute atomic E-state index is 0.130. The second kappa shape index (κ2) is 7.19. The van der Waals surface area contributed by atoms with Gasteiger partial charge in [-0.1, -0.05) is 24.3 Å². The van der Waals surface area contributed by atoms with Gasteiger partial charge in [0.05, 0.1) is 11.8 Å². The van der Waals surface area contributed by atoms with Crippen molar-refractivity contribution in [3.05, 3.63) is 76.9 Å². The predicted molar refractivity (Wildman–Crippen MR) is 107 cm³/mol. The Bertz CT molecular complexity index is 919. The topological polar surface area (TPSA) is 41.6 Å². The monoisotopic (exact) mass is 383 g/mol. The lowest BCUT2D eigenvalue weighted by molar-refractivity contribution is 0.305. The van der Waals surface area contributed by atoms with Gasteiger partial charge in [0.2, 0.25) is 0 Å². The molecule has 1 aliphatic carbocycles. The van der Waals surface area contributed by atoms with E-state index in [4.69, 9.17) is 23.1 Å². The lowest BCUT2D eigenvalue weighted by Gasteiger charge is -2.29. The van der Waals surface area contributed by atoms with Crippen LogP contribution in [0, 0.1) is 17.6 Å². The van der Waals surface area contributed by atoms with Crippen LogP contribution in [0.4, 0.5) is 8.78 Å². The summed E-state index contributed by atoms with van der Waals surface area (Å²) in [6.07, 6.45) is 4.92. The van der Waals surface area contributed by atoms with Crippen molar-refractivity contribution < 1.29 is 8.78 Å². The van der Waals surface area contributed by atoms with Crippen LogP contribution < -0.4 is 5.73 Å². The summed E-state index contributed by atoms with van der Waals surface area (Å²) in [4.78, 5) is 0. The number of rotatable bonds is 2. The van der Waals surface area contributed by atoms with Gasteiger partial charge in [-0.3, -0.25) is 0 Å². The maximum absolute atomic E-state index is 13.4. The van der Waals surface area contributed by atoms with Gasteiger partial charge in [0.1, 0.15) is 11.6 Å². The van der Waals surface area contributed by atoms with Gasteiger partial charge in [-0.25, -0.2) is 13.8 Å². The summed E-state index contributed by atoms with van der Waals surface area (Å²) in [5.41, 5.74) is 9.89. The summed E-state index contributed by atoms with van der Waals surface area (Å²) < 4.78 is 26.5. The zero-order valence-corrected chi connectivity index (χ0v) is 15.4. The first-order chi connectivity index (χ1) is 13.0. The Balaban J connectivity index is 1.72. The fourth-order valence-corrected chi connectivity index (χ4v) is 4.09. The largest absolute Gasteiger partial charge is 0.375 e. The Morgan fingerprint density at radius 2 is 1.70 bits per heavy atom. The molecule has 0 spiro atoms. The standard InChI is InChI=1S/C21H19F2N3S/c22-16-8-4-13(5-9-16)12-15-2-1-3-18-19(15)25-26(21(24)27)20(18)14-6-10-17(23)11-7-14/h4-12,18,20H,1-3H2,(H2,24,27)/b15-12+/t18-,20-/m1/s1. The average molecular weight is 383 g/mol. The molecule has 1 fully saturated rings. The summed E-state index contributed by atoms with van der Waals surface area (Å²) in [6.45, 7) is 0. The van der Waals surface area contributed by atoms with Crippen molar-refractivity contribution in [2.75, 3.05) is 0 Å². The highest BCUT2D eigenvalue weighted by Gasteiger charge is 2.42. The Morgan fingerprint density at radius 1 is 1.07 bits per heavy atom. The summed E-state index contributed by atoms with van der Waals surface area (Å²) >= 11 is 5.22. The van der Waals surface area contributed by atoms with Crippen molar-refractivity contribution in [2.45, 2.75) is 25.3 Å². The van der Waals surface area contributed by atoms with Gasteiger partial charge < -0.3 is 5.73 Å². The highest BCUT2D eigenvalue weighted by molar-refractivity contribution is 7.80. The predicted octanol–water partition coefficient (Wildman–Crippen LogP) is 4.80. The summed E-state index contributed by atoms with van der Waals surface area (Å²) in [5, 5.41) is 6.61. The summed E-state index contributed by atoms with van der Waals surface area (Å²) in [7, 11) is 0. The highest BCUT2D eigenvalue weighted by Crippen LogP contribution is 2.44. The first-order valence-corrected chi connectivity index (χ1v) is 9.33. The molecule has 0 aromatic heterocycles. The number of allylic oxidation sites excluding steroid dienone is 1. The molecule has 4 rings (SSSR count). The lowest BCUT2D eigenvalue weighted by Crippen LogP contribution is -2.34. The Hall–Kier alpha value is -2.60. The second-order valence-electron chi connectivity index (χ2n) is 6.88. The van der Waals surface area contributed by atoms with E-state index in [0.29, 0.717) is 0 Å². The molecule has 1 aliphatic heterocycles. The SMILES string of the molecule is NC(=S)N1N=C2/C(=C/c3ccc(F)cc3)CCC[C@H]2[C@H]1c1ccc(F)cc1. The fraction of sp³-hybridized carbons (Fsp3) is 0.238. The first-order valence-electron chi connectivity index (χ1n) is 8.92. The Labute approximate surface area is 162 Å². The highest BCUT2D eigenvalue weighted by atomic mass is 32.1. The molecule has 0 amide bonds. The van der Waals surface area contributed by atoms with E-state index in [1.54, 1.807) is 29.3 Å². The third-order valence-corrected chi connectivity index (χ3v) is 5.34. The molecule has 3 nitrogen and oxygen atoms in total. The van der Waals surface area contributed by atoms with Crippen molar-refractivity contribution in [2.24, 2.45) is 16.8 Å². The number of hydrogen-bond donors (Lipinski definition) is 1. The van der Waals surface area contributed by atoms with Gasteiger partial charge in [0, 0.05) is 5.92 Å². The quantitative estimate of drug-likeness (QED) is 0.757. The molecule has 6 heteroatoms. The fourth-order valence-electron chi connectivity index (χ4n) is 3.94. The number of benzene rings is 2. The van der Waals surface area contributed by atoms with Crippen LogP contribution in [-0.4, -0.2) is 15.8 Å². The van der Waals surface area contributed by atoms with Crippen molar-refractivity contribution >= 4 is 29.1 Å². The molecular weight excluding hydrogens is 364 g/mol. The molecule has 1 heterocycles. The minimum Gasteiger partial charge on any atom is -0.375 e. The molecule has 27 heavy (non-hydrogen) atoms. The van der Waals surface area contributed by atoms with Crippen LogP contribution in [0.15, 0.2) is 59.2 Å². The molecule has 2 aliphatic rings. The number of nitrogens with two attached hydrogens (primary N) is 1. The number of nitrogens with zero attached hydrogens (tertiary/aromatic N) is 2. The molecule has 1 saturated carbocycles. The lowest BCUT2D eigenvalue weighted by atomic mass is 9.77. The van der Waals surface area contributed by atoms with Crippen LogP contribution in [-0.2, 0) is 0 Å². The van der Waals surface area contributed by atoms with E-state index in [9.17, 15) is 8.78 Å². The number of hydrazone groups is 1. The van der Waals surface area contributed by atoms with Gasteiger partial charge in [-0.05, 0) is 78.5 Å². The van der Waals surface area contributed by atoms with Gasteiger partial charge in [-0.2, -0.15) is 5.10 Å². The molecule has 2 N–H and O–H groups in total. The minimum atomic E-state index is -0.277. The first kappa shape index (κ1) is 17.8. The molecule has 0 saturated heterocycles. The van der Waals surface area contributed by atoms with Crippen molar-refractivity contribution in [1.82, 2.24) is 5.01 Å². The number of thiocarbonyl (C=S) groups is 1. The second-order valence-corrected chi connectivity index (χ2v) is 7.30. The normalized spacial score (nSPS) is 23.3. The van der Waals surface area contributed by atoms with Crippen LogP contribution in [0.25, 0.3) is 6.08 Å². The van der Waals surface area contributed by atoms with E-state index >= 15 is 0 Å². The van der Waals surface area contributed by atoms with Crippen LogP contribution in [0.5, 0.6) is 0 Å². The van der Waals surface area contributed by atoms with Crippen LogP contribution >= 0.6 is 12.2 Å². The molecular formula is C21H19F2N3S. The third kappa shape index (κ3) is 3.49. The number of fused-ring (bicyclic) bond motifs is 1. The van der Waals surface area contributed by atoms with Gasteiger partial charge >= 0.3 is 0 Å². The number of halogens is 2. The maximum Gasteiger partial charge on any atom is 0.187 e. The number of hydrogen-bond acceptors (Lipinski definition) is 2. The van der Waals surface area contributed by atoms with E-state index in [1.165, 1.54) is 24.3 Å². The van der Waals surface area contributed by atoms with Crippen molar-refractivity contribution in [3.63, 3.8) is 0 Å². The van der Waals surface area contributed by atoms with Crippen molar-refractivity contribution in [3.8, 4) is 0 Å². The van der Waals surface area contributed by atoms with E-state index in [0.717, 1.165) is 41.7 Å². The molecule has 2 aromatic rings. The van der Waals surface area contributed by atoms with Crippen molar-refractivity contribution in [1.29, 1.82) is 0 Å². The molecule has 0 radical (unpaired) electrons. The van der Waals surface area contributed by atoms with Gasteiger partial charge in [0.25, 0.3) is 0 Å².